The molecule has 0 saturated carbocycles. The zero-order chi connectivity index (χ0) is 83.6. The molecule has 0 amide bonds. The third-order valence-corrected chi connectivity index (χ3v) is 16.8. The van der Waals surface area contributed by atoms with E-state index in [0.29, 0.717) is 28.9 Å². The first-order valence-electron chi connectivity index (χ1n) is 33.9. The molecule has 108 heavy (non-hydrogen) atoms. The molecule has 0 saturated heterocycles. The van der Waals surface area contributed by atoms with Crippen LogP contribution in [0.4, 0.5) is 92.2 Å². The van der Waals surface area contributed by atoms with Crippen LogP contribution in [0.15, 0.2) is 175 Å². The van der Waals surface area contributed by atoms with E-state index in [0.717, 1.165) is 69.3 Å². The van der Waals surface area contributed by atoms with Crippen molar-refractivity contribution in [3.05, 3.63) is 263 Å². The van der Waals surface area contributed by atoms with E-state index in [2.05, 4.69) is 54.5 Å². The zero-order valence-corrected chi connectivity index (χ0v) is 65.5. The van der Waals surface area contributed by atoms with Crippen LogP contribution in [-0.2, 0) is 24.7 Å². The number of hydrogen-bond acceptors (Lipinski definition) is 3. The van der Waals surface area contributed by atoms with Crippen molar-refractivity contribution in [2.75, 3.05) is 0 Å². The fraction of sp³-hybridized carbons (Fsp3) is 0.415. The van der Waals surface area contributed by atoms with Gasteiger partial charge in [0.15, 0.2) is 0 Å². The molecule has 26 heteroatoms. The fourth-order valence-electron chi connectivity index (χ4n) is 9.05. The van der Waals surface area contributed by atoms with E-state index in [1.165, 1.54) is 85.6 Å². The van der Waals surface area contributed by atoms with Gasteiger partial charge in [0.2, 0.25) is 0 Å². The van der Waals surface area contributed by atoms with Crippen molar-refractivity contribution >= 4 is 35.0 Å². The van der Waals surface area contributed by atoms with E-state index < -0.39 is 65.2 Å². The molecule has 0 atom stereocenters. The maximum Gasteiger partial charge on any atom is 0.573 e. The Bertz CT molecular complexity index is 3680. The molecule has 0 aliphatic carbocycles. The Hall–Kier alpha value is -7.18. The van der Waals surface area contributed by atoms with Crippen molar-refractivity contribution in [2.24, 2.45) is 0 Å². The van der Waals surface area contributed by atoms with Gasteiger partial charge in [-0.2, -0.15) is 65.9 Å². The highest BCUT2D eigenvalue weighted by Crippen LogP contribution is 2.40. The lowest BCUT2D eigenvalue weighted by atomic mass is 9.98. The number of hydrogen-bond donors (Lipinski definition) is 0. The van der Waals surface area contributed by atoms with Crippen molar-refractivity contribution < 1.29 is 102 Å². The fourth-order valence-corrected chi connectivity index (χ4v) is 10.1. The average Bonchev–Trinajstić information content (AvgIpc) is 0.838. The molecule has 0 unspecified atom stereocenters. The SMILES string of the molecule is CC(C)c1ccc(C(F)(F)F)c(Cl)c1.CC(C)c1ccc(C(F)(F)F)cc1.CC(C)c1ccc(OC(F)(F)F)c(Cl)c1.CC(C)c1ccc(OC(F)(F)F)cc1.CC(C)c1ccc(SC(F)(F)F)cc1.Cc1cc(C(C)C)ccc1C(F)(F)F.Cc1cc(C(C)C)ccc1C(F)(F)F.Cc1ccc(C(C)C)cc1. The summed E-state index contributed by atoms with van der Waals surface area (Å²) < 4.78 is 262. The number of benzene rings is 8. The van der Waals surface area contributed by atoms with Gasteiger partial charge in [0.1, 0.15) is 11.5 Å². The van der Waals surface area contributed by atoms with E-state index >= 15 is 0 Å². The van der Waals surface area contributed by atoms with Crippen LogP contribution in [0.1, 0.15) is 242 Å². The van der Waals surface area contributed by atoms with Gasteiger partial charge in [-0.15, -0.1) is 26.3 Å². The van der Waals surface area contributed by atoms with Crippen LogP contribution >= 0.6 is 35.0 Å². The molecular formula is C82H93Cl2F21O2S. The Morgan fingerprint density at radius 1 is 0.278 bits per heavy atom. The normalized spacial score (nSPS) is 11.9. The maximum absolute atomic E-state index is 12.4. The second-order valence-electron chi connectivity index (χ2n) is 27.1. The highest BCUT2D eigenvalue weighted by molar-refractivity contribution is 8.00. The van der Waals surface area contributed by atoms with E-state index in [1.807, 2.05) is 96.9 Å². The number of alkyl halides is 21. The highest BCUT2D eigenvalue weighted by Gasteiger charge is 2.36. The van der Waals surface area contributed by atoms with Gasteiger partial charge in [-0.3, -0.25) is 0 Å². The molecule has 0 bridgehead atoms. The van der Waals surface area contributed by atoms with Gasteiger partial charge in [-0.25, -0.2) is 0 Å². The number of halogens is 23. The molecule has 0 fully saturated rings. The van der Waals surface area contributed by atoms with Crippen molar-refractivity contribution in [2.45, 2.75) is 227 Å². The maximum atomic E-state index is 12.4. The van der Waals surface area contributed by atoms with Crippen molar-refractivity contribution in [3.8, 4) is 11.5 Å². The second-order valence-corrected chi connectivity index (χ2v) is 29.1. The third kappa shape index (κ3) is 38.9. The Balaban J connectivity index is 0.000000618. The van der Waals surface area contributed by atoms with Gasteiger partial charge >= 0.3 is 42.9 Å². The number of rotatable bonds is 11. The standard InChI is InChI=1S/2C11H13F3.C10H10ClF3O.C10H10ClF3.C10H11F3O.C10H11F3S.C10H11F3.C10H14/c2*1-7(2)9-4-5-10(8(3)6-9)11(12,13)14;1-6(2)7-3-4-9(8(11)5-7)15-10(12,13)14;1-6(2)7-3-4-8(9(11)5-7)10(12,13)14;2*1-7(2)8-3-5-9(6-4-8)14-10(11,12)13;1-7(2)8-3-5-9(6-4-8)10(11,12)13;1-8(2)10-6-4-9(3)5-7-10/h2*4-7H,1-3H3;3-6H,1-2H3;3-6H,1-2H3;2*3-7H,1-2H3;3-7H,1-2H3;4-8H,1-3H3. The topological polar surface area (TPSA) is 18.5 Å². The summed E-state index contributed by atoms with van der Waals surface area (Å²) in [5, 5.41) is -0.262. The van der Waals surface area contributed by atoms with Gasteiger partial charge < -0.3 is 9.47 Å². The molecule has 8 rings (SSSR count). The predicted octanol–water partition coefficient (Wildman–Crippen LogP) is 32.2. The van der Waals surface area contributed by atoms with Crippen LogP contribution in [-0.4, -0.2) is 18.2 Å². The summed E-state index contributed by atoms with van der Waals surface area (Å²) in [6.07, 6.45) is -26.4. The smallest absolute Gasteiger partial charge is 0.406 e. The molecule has 8 aromatic carbocycles. The van der Waals surface area contributed by atoms with Gasteiger partial charge in [-0.05, 0) is 208 Å². The lowest BCUT2D eigenvalue weighted by Crippen LogP contribution is -2.17. The monoisotopic (exact) mass is 1610 g/mol. The minimum atomic E-state index is -4.71. The summed E-state index contributed by atoms with van der Waals surface area (Å²) in [7, 11) is 0. The summed E-state index contributed by atoms with van der Waals surface area (Å²) >= 11 is 11.1. The summed E-state index contributed by atoms with van der Waals surface area (Å²) in [6.45, 7) is 36.9. The second kappa shape index (κ2) is 43.4. The quantitative estimate of drug-likeness (QED) is 0.0950. The first kappa shape index (κ1) is 98.8. The molecule has 0 radical (unpaired) electrons. The van der Waals surface area contributed by atoms with E-state index in [-0.39, 0.29) is 67.8 Å². The Labute approximate surface area is 635 Å². The molecule has 0 N–H and O–H groups in total. The lowest BCUT2D eigenvalue weighted by Gasteiger charge is -2.13. The highest BCUT2D eigenvalue weighted by atomic mass is 35.5. The zero-order valence-electron chi connectivity index (χ0n) is 63.2. The average molecular weight is 1610 g/mol. The Morgan fingerprint density at radius 3 is 0.815 bits per heavy atom. The van der Waals surface area contributed by atoms with Gasteiger partial charge in [-0.1, -0.05) is 237 Å². The molecule has 0 aliphatic rings. The van der Waals surface area contributed by atoms with Gasteiger partial charge in [0.05, 0.1) is 32.3 Å². The summed E-state index contributed by atoms with van der Waals surface area (Å²) in [5.74, 6) is 1.93. The van der Waals surface area contributed by atoms with E-state index in [1.54, 1.807) is 54.6 Å². The van der Waals surface area contributed by atoms with Crippen LogP contribution in [0.25, 0.3) is 0 Å². The third-order valence-electron chi connectivity index (χ3n) is 15.5. The molecule has 0 aliphatic heterocycles. The van der Waals surface area contributed by atoms with Crippen LogP contribution in [0, 0.1) is 20.8 Å². The van der Waals surface area contributed by atoms with E-state index in [4.69, 9.17) is 23.2 Å². The molecule has 2 nitrogen and oxygen atoms in total. The van der Waals surface area contributed by atoms with Crippen LogP contribution < -0.4 is 9.47 Å². The van der Waals surface area contributed by atoms with Crippen molar-refractivity contribution in [1.82, 2.24) is 0 Å². The molecule has 0 spiro atoms. The molecule has 0 aromatic heterocycles. The summed E-state index contributed by atoms with van der Waals surface area (Å²) in [5.41, 5.74) is 3.23. The van der Waals surface area contributed by atoms with Crippen molar-refractivity contribution in [3.63, 3.8) is 0 Å². The van der Waals surface area contributed by atoms with Crippen LogP contribution in [0.3, 0.4) is 0 Å². The van der Waals surface area contributed by atoms with Crippen molar-refractivity contribution in [1.29, 1.82) is 0 Å². The minimum Gasteiger partial charge on any atom is -0.406 e. The summed E-state index contributed by atoms with van der Waals surface area (Å²) in [6, 6.07) is 43.1. The predicted molar refractivity (Wildman–Crippen MR) is 394 cm³/mol. The molecule has 8 aromatic rings. The number of aryl methyl sites for hydroxylation is 3. The summed E-state index contributed by atoms with van der Waals surface area (Å²) in [4.78, 5) is 0.238. The minimum absolute atomic E-state index is 0.0291. The number of ether oxygens (including phenoxy) is 2. The van der Waals surface area contributed by atoms with Gasteiger partial charge in [0, 0.05) is 4.90 Å². The Morgan fingerprint density at radius 2 is 0.546 bits per heavy atom. The molecular weight excluding hydrogens is 1520 g/mol. The number of thioether (sulfide) groups is 1. The first-order chi connectivity index (χ1) is 49.1. The Kier molecular flexibility index (Phi) is 39.7. The lowest BCUT2D eigenvalue weighted by molar-refractivity contribution is -0.275. The van der Waals surface area contributed by atoms with Crippen LogP contribution in [0.2, 0.25) is 10.0 Å². The van der Waals surface area contributed by atoms with Gasteiger partial charge in [0.25, 0.3) is 0 Å². The molecule has 0 heterocycles. The first-order valence-corrected chi connectivity index (χ1v) is 35.4. The molecule has 600 valence electrons. The van der Waals surface area contributed by atoms with Crippen LogP contribution in [0.5, 0.6) is 11.5 Å². The largest absolute Gasteiger partial charge is 0.573 e. The van der Waals surface area contributed by atoms with E-state index in [9.17, 15) is 92.2 Å².